The van der Waals surface area contributed by atoms with Crippen molar-refractivity contribution in [2.75, 3.05) is 40.4 Å². The maximum Gasteiger partial charge on any atom is 0.253 e. The van der Waals surface area contributed by atoms with Gasteiger partial charge in [-0.2, -0.15) is 0 Å². The number of carbonyl (C=O) groups excluding carboxylic acids is 2. The highest BCUT2D eigenvalue weighted by Crippen LogP contribution is 2.41. The van der Waals surface area contributed by atoms with Crippen molar-refractivity contribution in [3.05, 3.63) is 58.6 Å². The minimum atomic E-state index is -0.336. The fourth-order valence-corrected chi connectivity index (χ4v) is 5.01. The zero-order valence-electron chi connectivity index (χ0n) is 18.6. The number of rotatable bonds is 5. The Labute approximate surface area is 194 Å². The number of hydrogen-bond acceptors (Lipinski definition) is 4. The van der Waals surface area contributed by atoms with Gasteiger partial charge >= 0.3 is 0 Å². The van der Waals surface area contributed by atoms with Gasteiger partial charge < -0.3 is 19.3 Å². The van der Waals surface area contributed by atoms with Crippen LogP contribution in [0.3, 0.4) is 0 Å². The van der Waals surface area contributed by atoms with Crippen LogP contribution >= 0.6 is 11.6 Å². The second kappa shape index (κ2) is 9.82. The Bertz CT molecular complexity index is 990. The lowest BCUT2D eigenvalue weighted by atomic mass is 9.86. The van der Waals surface area contributed by atoms with Crippen LogP contribution in [-0.4, -0.2) is 62.0 Å². The van der Waals surface area contributed by atoms with Crippen LogP contribution in [0.2, 0.25) is 5.02 Å². The number of ether oxygens (including phenoxy) is 2. The van der Waals surface area contributed by atoms with Crippen LogP contribution < -0.4 is 9.47 Å². The summed E-state index contributed by atoms with van der Waals surface area (Å²) >= 11 is 6.11. The number of methoxy groups -OCH3 is 2. The molecule has 0 aromatic heterocycles. The Kier molecular flexibility index (Phi) is 6.89. The second-order valence-electron chi connectivity index (χ2n) is 8.43. The van der Waals surface area contributed by atoms with E-state index in [4.69, 9.17) is 21.1 Å². The van der Waals surface area contributed by atoms with Gasteiger partial charge in [-0.3, -0.25) is 9.59 Å². The van der Waals surface area contributed by atoms with E-state index in [1.165, 1.54) is 0 Å². The van der Waals surface area contributed by atoms with Gasteiger partial charge in [0, 0.05) is 48.2 Å². The minimum Gasteiger partial charge on any atom is -0.497 e. The first-order chi connectivity index (χ1) is 15.5. The maximum absolute atomic E-state index is 13.6. The average Bonchev–Trinajstić information content (AvgIpc) is 3.28. The molecule has 2 atom stereocenters. The molecule has 2 heterocycles. The molecule has 2 amide bonds. The SMILES string of the molecule is COc1ccc(OC)c(C2CN(C(=O)c3cccc(Cl)c3)CC2C(=O)N2CCCCC2)c1. The number of hydrogen-bond donors (Lipinski definition) is 0. The van der Waals surface area contributed by atoms with Crippen molar-refractivity contribution in [1.82, 2.24) is 9.80 Å². The molecular formula is C25H29ClN2O4. The molecule has 2 unspecified atom stereocenters. The molecule has 2 aromatic carbocycles. The first kappa shape index (κ1) is 22.5. The highest BCUT2D eigenvalue weighted by Gasteiger charge is 2.43. The van der Waals surface area contributed by atoms with Crippen molar-refractivity contribution in [1.29, 1.82) is 0 Å². The number of benzene rings is 2. The zero-order chi connectivity index (χ0) is 22.7. The van der Waals surface area contributed by atoms with E-state index in [0.717, 1.165) is 37.9 Å². The van der Waals surface area contributed by atoms with Crippen LogP contribution in [0, 0.1) is 5.92 Å². The van der Waals surface area contributed by atoms with Gasteiger partial charge in [-0.25, -0.2) is 0 Å². The number of halogens is 1. The Morgan fingerprint density at radius 2 is 1.72 bits per heavy atom. The number of likely N-dealkylation sites (tertiary alicyclic amines) is 2. The minimum absolute atomic E-state index is 0.112. The molecule has 0 spiro atoms. The molecule has 2 aliphatic heterocycles. The number of nitrogens with zero attached hydrogens (tertiary/aromatic N) is 2. The molecule has 0 saturated carbocycles. The summed E-state index contributed by atoms with van der Waals surface area (Å²) in [6.45, 7) is 2.35. The molecule has 0 radical (unpaired) electrons. The van der Waals surface area contributed by atoms with Gasteiger partial charge in [0.15, 0.2) is 0 Å². The molecule has 0 N–H and O–H groups in total. The summed E-state index contributed by atoms with van der Waals surface area (Å²) in [7, 11) is 3.24. The van der Waals surface area contributed by atoms with Gasteiger partial charge in [-0.15, -0.1) is 0 Å². The molecule has 170 valence electrons. The molecule has 2 fully saturated rings. The molecule has 32 heavy (non-hydrogen) atoms. The quantitative estimate of drug-likeness (QED) is 0.675. The van der Waals surface area contributed by atoms with Crippen molar-refractivity contribution < 1.29 is 19.1 Å². The predicted octanol–water partition coefficient (Wildman–Crippen LogP) is 4.23. The molecule has 7 heteroatoms. The predicted molar refractivity (Wildman–Crippen MR) is 124 cm³/mol. The van der Waals surface area contributed by atoms with E-state index in [2.05, 4.69) is 0 Å². The number of amides is 2. The van der Waals surface area contributed by atoms with E-state index < -0.39 is 0 Å². The lowest BCUT2D eigenvalue weighted by Crippen LogP contribution is -2.42. The van der Waals surface area contributed by atoms with Gasteiger partial charge in [0.2, 0.25) is 5.91 Å². The Balaban J connectivity index is 1.68. The van der Waals surface area contributed by atoms with E-state index in [9.17, 15) is 9.59 Å². The molecule has 2 aliphatic rings. The topological polar surface area (TPSA) is 59.1 Å². The molecule has 6 nitrogen and oxygen atoms in total. The van der Waals surface area contributed by atoms with Crippen LogP contribution in [0.4, 0.5) is 0 Å². The fraction of sp³-hybridized carbons (Fsp3) is 0.440. The summed E-state index contributed by atoms with van der Waals surface area (Å²) in [6.07, 6.45) is 3.20. The smallest absolute Gasteiger partial charge is 0.253 e. The third-order valence-corrected chi connectivity index (χ3v) is 6.74. The van der Waals surface area contributed by atoms with Gasteiger partial charge in [0.25, 0.3) is 5.91 Å². The summed E-state index contributed by atoms with van der Waals surface area (Å²) in [6, 6.07) is 12.6. The summed E-state index contributed by atoms with van der Waals surface area (Å²) in [5.41, 5.74) is 1.42. The van der Waals surface area contributed by atoms with Gasteiger partial charge in [-0.1, -0.05) is 17.7 Å². The van der Waals surface area contributed by atoms with E-state index in [1.54, 1.807) is 43.4 Å². The van der Waals surface area contributed by atoms with E-state index in [-0.39, 0.29) is 23.7 Å². The van der Waals surface area contributed by atoms with Crippen molar-refractivity contribution in [2.45, 2.75) is 25.2 Å². The van der Waals surface area contributed by atoms with E-state index in [0.29, 0.717) is 35.2 Å². The van der Waals surface area contributed by atoms with Crippen LogP contribution in [-0.2, 0) is 4.79 Å². The standard InChI is InChI=1S/C25H29ClN2O4/c1-31-19-9-10-23(32-2)20(14-19)21-15-28(24(29)17-7-6-8-18(26)13-17)16-22(21)25(30)27-11-4-3-5-12-27/h6-10,13-14,21-22H,3-5,11-12,15-16H2,1-2H3. The van der Waals surface area contributed by atoms with Crippen molar-refractivity contribution in [2.24, 2.45) is 5.92 Å². The highest BCUT2D eigenvalue weighted by atomic mass is 35.5. The largest absolute Gasteiger partial charge is 0.497 e. The summed E-state index contributed by atoms with van der Waals surface area (Å²) < 4.78 is 11.1. The first-order valence-electron chi connectivity index (χ1n) is 11.1. The third-order valence-electron chi connectivity index (χ3n) is 6.50. The molecular weight excluding hydrogens is 428 g/mol. The maximum atomic E-state index is 13.6. The summed E-state index contributed by atoms with van der Waals surface area (Å²) in [5, 5.41) is 0.516. The molecule has 0 bridgehead atoms. The normalized spacial score (nSPS) is 20.8. The molecule has 0 aliphatic carbocycles. The van der Waals surface area contributed by atoms with Gasteiger partial charge in [0.1, 0.15) is 11.5 Å². The van der Waals surface area contributed by atoms with Crippen molar-refractivity contribution in [3.8, 4) is 11.5 Å². The Morgan fingerprint density at radius 1 is 0.938 bits per heavy atom. The lowest BCUT2D eigenvalue weighted by Gasteiger charge is -2.31. The molecule has 2 aromatic rings. The Hall–Kier alpha value is -2.73. The number of piperidine rings is 1. The number of carbonyl (C=O) groups is 2. The second-order valence-corrected chi connectivity index (χ2v) is 8.86. The zero-order valence-corrected chi connectivity index (χ0v) is 19.3. The summed E-state index contributed by atoms with van der Waals surface area (Å²) in [4.78, 5) is 30.6. The summed E-state index contributed by atoms with van der Waals surface area (Å²) in [5.74, 6) is 0.873. The van der Waals surface area contributed by atoms with Crippen LogP contribution in [0.25, 0.3) is 0 Å². The van der Waals surface area contributed by atoms with E-state index >= 15 is 0 Å². The average molecular weight is 457 g/mol. The van der Waals surface area contributed by atoms with E-state index in [1.807, 2.05) is 23.1 Å². The van der Waals surface area contributed by atoms with Crippen LogP contribution in [0.15, 0.2) is 42.5 Å². The first-order valence-corrected chi connectivity index (χ1v) is 11.4. The molecule has 4 rings (SSSR count). The van der Waals surface area contributed by atoms with Crippen molar-refractivity contribution >= 4 is 23.4 Å². The van der Waals surface area contributed by atoms with Gasteiger partial charge in [-0.05, 0) is 55.7 Å². The third kappa shape index (κ3) is 4.56. The molecule has 2 saturated heterocycles. The highest BCUT2D eigenvalue weighted by molar-refractivity contribution is 6.30. The van der Waals surface area contributed by atoms with Crippen LogP contribution in [0.1, 0.15) is 41.1 Å². The Morgan fingerprint density at radius 3 is 2.41 bits per heavy atom. The fourth-order valence-electron chi connectivity index (χ4n) is 4.82. The van der Waals surface area contributed by atoms with Gasteiger partial charge in [0.05, 0.1) is 20.1 Å². The van der Waals surface area contributed by atoms with Crippen LogP contribution in [0.5, 0.6) is 11.5 Å². The lowest BCUT2D eigenvalue weighted by molar-refractivity contribution is -0.136. The van der Waals surface area contributed by atoms with Crippen molar-refractivity contribution in [3.63, 3.8) is 0 Å². The monoisotopic (exact) mass is 456 g/mol.